The number of methoxy groups -OCH3 is 1. The third kappa shape index (κ3) is 6.22. The first-order valence-corrected chi connectivity index (χ1v) is 9.35. The summed E-state index contributed by atoms with van der Waals surface area (Å²) in [5, 5.41) is 6.76. The van der Waals surface area contributed by atoms with Gasteiger partial charge in [-0.1, -0.05) is 30.3 Å². The number of halogens is 1. The second kappa shape index (κ2) is 11.5. The zero-order valence-corrected chi connectivity index (χ0v) is 19.4. The van der Waals surface area contributed by atoms with E-state index in [2.05, 4.69) is 50.9 Å². The highest BCUT2D eigenvalue weighted by Gasteiger charge is 2.05. The highest BCUT2D eigenvalue weighted by atomic mass is 127. The third-order valence-electron chi connectivity index (χ3n) is 4.62. The van der Waals surface area contributed by atoms with Crippen LogP contribution in [0.25, 0.3) is 5.69 Å². The fraction of sp³-hybridized carbons (Fsp3) is 0.273. The molecule has 2 aromatic carbocycles. The first-order chi connectivity index (χ1) is 13.7. The maximum absolute atomic E-state index is 5.40. The number of aryl methyl sites for hydroxylation is 1. The normalized spacial score (nSPS) is 10.9. The number of para-hydroxylation sites is 1. The van der Waals surface area contributed by atoms with Crippen LogP contribution < -0.4 is 15.4 Å². The van der Waals surface area contributed by atoms with Gasteiger partial charge in [-0.25, -0.2) is 4.98 Å². The van der Waals surface area contributed by atoms with Crippen molar-refractivity contribution in [3.8, 4) is 11.4 Å². The van der Waals surface area contributed by atoms with Crippen molar-refractivity contribution in [2.45, 2.75) is 19.9 Å². The molecule has 154 valence electrons. The summed E-state index contributed by atoms with van der Waals surface area (Å²) in [5.41, 5.74) is 4.66. The average molecular weight is 505 g/mol. The Bertz CT molecular complexity index is 925. The van der Waals surface area contributed by atoms with Crippen molar-refractivity contribution in [1.29, 1.82) is 0 Å². The van der Waals surface area contributed by atoms with Gasteiger partial charge in [-0.15, -0.1) is 24.0 Å². The van der Waals surface area contributed by atoms with Gasteiger partial charge in [0.1, 0.15) is 5.75 Å². The summed E-state index contributed by atoms with van der Waals surface area (Å²) in [6.07, 6.45) is 6.43. The van der Waals surface area contributed by atoms with Gasteiger partial charge in [0.15, 0.2) is 5.96 Å². The molecule has 0 aliphatic heterocycles. The molecule has 7 heteroatoms. The fourth-order valence-corrected chi connectivity index (χ4v) is 3.06. The van der Waals surface area contributed by atoms with Gasteiger partial charge in [0.05, 0.1) is 19.1 Å². The number of rotatable bonds is 7. The van der Waals surface area contributed by atoms with Crippen LogP contribution in [0.3, 0.4) is 0 Å². The predicted octanol–water partition coefficient (Wildman–Crippen LogP) is 3.72. The minimum atomic E-state index is 0. The first-order valence-electron chi connectivity index (χ1n) is 9.35. The number of aromatic nitrogens is 2. The van der Waals surface area contributed by atoms with E-state index in [1.54, 1.807) is 20.4 Å². The Kier molecular flexibility index (Phi) is 8.98. The lowest BCUT2D eigenvalue weighted by Crippen LogP contribution is -2.38. The SMILES string of the molecule is CN=C(NCCc1ccc(C)c(OC)c1)NCc1ccccc1-n1ccnc1.I. The van der Waals surface area contributed by atoms with Crippen LogP contribution in [0.2, 0.25) is 0 Å². The zero-order chi connectivity index (χ0) is 19.8. The Balaban J connectivity index is 0.00000300. The van der Waals surface area contributed by atoms with Crippen LogP contribution in [-0.2, 0) is 13.0 Å². The second-order valence-electron chi connectivity index (χ2n) is 6.51. The van der Waals surface area contributed by atoms with Crippen LogP contribution in [0.15, 0.2) is 66.2 Å². The van der Waals surface area contributed by atoms with Gasteiger partial charge in [-0.3, -0.25) is 4.99 Å². The molecule has 1 aromatic heterocycles. The first kappa shape index (κ1) is 22.7. The van der Waals surface area contributed by atoms with Gasteiger partial charge in [0, 0.05) is 32.5 Å². The maximum Gasteiger partial charge on any atom is 0.191 e. The Hall–Kier alpha value is -2.55. The van der Waals surface area contributed by atoms with Gasteiger partial charge < -0.3 is 19.9 Å². The molecule has 1 heterocycles. The van der Waals surface area contributed by atoms with Crippen molar-refractivity contribution in [2.75, 3.05) is 20.7 Å². The topological polar surface area (TPSA) is 63.5 Å². The quantitative estimate of drug-likeness (QED) is 0.292. The minimum absolute atomic E-state index is 0. The van der Waals surface area contributed by atoms with Crippen molar-refractivity contribution in [3.63, 3.8) is 0 Å². The van der Waals surface area contributed by atoms with Gasteiger partial charge >= 0.3 is 0 Å². The van der Waals surface area contributed by atoms with E-state index in [0.717, 1.165) is 35.9 Å². The number of nitrogens with one attached hydrogen (secondary N) is 2. The number of imidazole rings is 1. The van der Waals surface area contributed by atoms with E-state index in [4.69, 9.17) is 4.74 Å². The highest BCUT2D eigenvalue weighted by molar-refractivity contribution is 14.0. The van der Waals surface area contributed by atoms with Crippen LogP contribution >= 0.6 is 24.0 Å². The molecule has 29 heavy (non-hydrogen) atoms. The maximum atomic E-state index is 5.40. The van der Waals surface area contributed by atoms with E-state index < -0.39 is 0 Å². The van der Waals surface area contributed by atoms with Gasteiger partial charge in [-0.05, 0) is 42.2 Å². The predicted molar refractivity (Wildman–Crippen MR) is 129 cm³/mol. The van der Waals surface area contributed by atoms with E-state index >= 15 is 0 Å². The van der Waals surface area contributed by atoms with E-state index in [9.17, 15) is 0 Å². The standard InChI is InChI=1S/C22H27N5O.HI/c1-17-8-9-18(14-21(17)28-3)10-11-25-22(23-2)26-15-19-6-4-5-7-20(19)27-13-12-24-16-27;/h4-9,12-14,16H,10-11,15H2,1-3H3,(H2,23,25,26);1H. The van der Waals surface area contributed by atoms with Crippen molar-refractivity contribution in [1.82, 2.24) is 20.2 Å². The lowest BCUT2D eigenvalue weighted by molar-refractivity contribution is 0.411. The molecule has 3 aromatic rings. The molecule has 0 spiro atoms. The summed E-state index contributed by atoms with van der Waals surface area (Å²) >= 11 is 0. The fourth-order valence-electron chi connectivity index (χ4n) is 3.06. The molecule has 0 aliphatic carbocycles. The summed E-state index contributed by atoms with van der Waals surface area (Å²) in [7, 11) is 3.49. The average Bonchev–Trinajstić information content (AvgIpc) is 3.26. The Morgan fingerprint density at radius 2 is 2.00 bits per heavy atom. The lowest BCUT2D eigenvalue weighted by atomic mass is 10.1. The molecule has 3 rings (SSSR count). The molecule has 0 saturated carbocycles. The number of benzene rings is 2. The van der Waals surface area contributed by atoms with Crippen LogP contribution in [0.1, 0.15) is 16.7 Å². The summed E-state index contributed by atoms with van der Waals surface area (Å²) in [5.74, 6) is 1.70. The van der Waals surface area contributed by atoms with Crippen molar-refractivity contribution in [2.24, 2.45) is 4.99 Å². The van der Waals surface area contributed by atoms with E-state index in [-0.39, 0.29) is 24.0 Å². The number of hydrogen-bond acceptors (Lipinski definition) is 3. The Morgan fingerprint density at radius 3 is 2.72 bits per heavy atom. The molecule has 0 aliphatic rings. The van der Waals surface area contributed by atoms with Crippen LogP contribution in [0.5, 0.6) is 5.75 Å². The molecular weight excluding hydrogens is 477 g/mol. The molecule has 0 unspecified atom stereocenters. The summed E-state index contributed by atoms with van der Waals surface area (Å²) in [6, 6.07) is 14.6. The van der Waals surface area contributed by atoms with E-state index in [1.807, 2.05) is 36.1 Å². The Labute approximate surface area is 189 Å². The summed E-state index contributed by atoms with van der Waals surface area (Å²) < 4.78 is 7.41. The van der Waals surface area contributed by atoms with Crippen LogP contribution in [-0.4, -0.2) is 36.2 Å². The largest absolute Gasteiger partial charge is 0.496 e. The Morgan fingerprint density at radius 1 is 1.17 bits per heavy atom. The molecule has 0 fully saturated rings. The number of guanidine groups is 1. The molecule has 0 radical (unpaired) electrons. The lowest BCUT2D eigenvalue weighted by Gasteiger charge is -2.15. The minimum Gasteiger partial charge on any atom is -0.496 e. The van der Waals surface area contributed by atoms with E-state index in [1.165, 1.54) is 11.1 Å². The van der Waals surface area contributed by atoms with Crippen LogP contribution in [0, 0.1) is 6.92 Å². The summed E-state index contributed by atoms with van der Waals surface area (Å²) in [6.45, 7) is 3.51. The molecular formula is C22H28IN5O. The molecule has 0 amide bonds. The number of ether oxygens (including phenoxy) is 1. The summed E-state index contributed by atoms with van der Waals surface area (Å²) in [4.78, 5) is 8.46. The van der Waals surface area contributed by atoms with Crippen molar-refractivity contribution >= 4 is 29.9 Å². The van der Waals surface area contributed by atoms with E-state index in [0.29, 0.717) is 6.54 Å². The van der Waals surface area contributed by atoms with Crippen molar-refractivity contribution in [3.05, 3.63) is 77.9 Å². The van der Waals surface area contributed by atoms with Crippen molar-refractivity contribution < 1.29 is 4.74 Å². The van der Waals surface area contributed by atoms with Gasteiger partial charge in [0.25, 0.3) is 0 Å². The molecule has 2 N–H and O–H groups in total. The molecule has 6 nitrogen and oxygen atoms in total. The third-order valence-corrected chi connectivity index (χ3v) is 4.62. The van der Waals surface area contributed by atoms with Gasteiger partial charge in [0.2, 0.25) is 0 Å². The molecule has 0 atom stereocenters. The monoisotopic (exact) mass is 505 g/mol. The number of aliphatic imine (C=N–C) groups is 1. The number of hydrogen-bond donors (Lipinski definition) is 2. The number of nitrogens with zero attached hydrogens (tertiary/aromatic N) is 3. The second-order valence-corrected chi connectivity index (χ2v) is 6.51. The highest BCUT2D eigenvalue weighted by Crippen LogP contribution is 2.19. The van der Waals surface area contributed by atoms with Crippen LogP contribution in [0.4, 0.5) is 0 Å². The smallest absolute Gasteiger partial charge is 0.191 e. The molecule has 0 bridgehead atoms. The molecule has 0 saturated heterocycles. The van der Waals surface area contributed by atoms with Gasteiger partial charge in [-0.2, -0.15) is 0 Å². The zero-order valence-electron chi connectivity index (χ0n) is 17.1.